The van der Waals surface area contributed by atoms with Crippen molar-refractivity contribution < 1.29 is 14.3 Å². The van der Waals surface area contributed by atoms with Crippen molar-refractivity contribution in [2.24, 2.45) is 11.7 Å². The molecule has 0 aliphatic heterocycles. The summed E-state index contributed by atoms with van der Waals surface area (Å²) in [6, 6.07) is -0.635. The quantitative estimate of drug-likeness (QED) is 0.612. The van der Waals surface area contributed by atoms with E-state index in [1.165, 1.54) is 6.92 Å². The molecular formula is C8H15NO3. The fraction of sp³-hybridized carbons (Fsp3) is 0.750. The van der Waals surface area contributed by atoms with E-state index in [4.69, 9.17) is 5.73 Å². The fourth-order valence-electron chi connectivity index (χ4n) is 0.541. The van der Waals surface area contributed by atoms with Crippen LogP contribution in [0, 0.1) is 5.92 Å². The Morgan fingerprint density at radius 2 is 1.92 bits per heavy atom. The standard InChI is InChI=1S/C8H15NO3/c1-5(2)7(9)8(11)12-4-6(3)10/h5,7H,4,9H2,1-3H3. The average Bonchev–Trinajstić information content (AvgIpc) is 1.98. The van der Waals surface area contributed by atoms with Crippen LogP contribution in [-0.2, 0) is 14.3 Å². The Morgan fingerprint density at radius 1 is 1.42 bits per heavy atom. The van der Waals surface area contributed by atoms with Crippen LogP contribution in [0.4, 0.5) is 0 Å². The summed E-state index contributed by atoms with van der Waals surface area (Å²) in [7, 11) is 0. The Kier molecular flexibility index (Phi) is 4.51. The number of ether oxygens (including phenoxy) is 1. The van der Waals surface area contributed by atoms with Crippen molar-refractivity contribution in [3.05, 3.63) is 0 Å². The first-order chi connectivity index (χ1) is 5.45. The van der Waals surface area contributed by atoms with Gasteiger partial charge in [0, 0.05) is 0 Å². The van der Waals surface area contributed by atoms with E-state index in [0.717, 1.165) is 0 Å². The van der Waals surface area contributed by atoms with Crippen molar-refractivity contribution in [1.82, 2.24) is 0 Å². The second-order valence-corrected chi connectivity index (χ2v) is 3.08. The third-order valence-corrected chi connectivity index (χ3v) is 1.41. The summed E-state index contributed by atoms with van der Waals surface area (Å²) in [5, 5.41) is 0. The lowest BCUT2D eigenvalue weighted by atomic mass is 10.1. The summed E-state index contributed by atoms with van der Waals surface area (Å²) in [6.45, 7) is 4.81. The Labute approximate surface area is 72.1 Å². The van der Waals surface area contributed by atoms with Gasteiger partial charge >= 0.3 is 5.97 Å². The lowest BCUT2D eigenvalue weighted by Gasteiger charge is -2.13. The molecule has 1 atom stereocenters. The molecule has 4 heteroatoms. The summed E-state index contributed by atoms with van der Waals surface area (Å²) >= 11 is 0. The molecule has 2 N–H and O–H groups in total. The normalized spacial score (nSPS) is 12.8. The number of carbonyl (C=O) groups is 2. The van der Waals surface area contributed by atoms with Crippen LogP contribution >= 0.6 is 0 Å². The summed E-state index contributed by atoms with van der Waals surface area (Å²) in [5.74, 6) is -0.663. The van der Waals surface area contributed by atoms with E-state index in [2.05, 4.69) is 4.74 Å². The average molecular weight is 173 g/mol. The summed E-state index contributed by atoms with van der Waals surface area (Å²) < 4.78 is 4.61. The topological polar surface area (TPSA) is 69.4 Å². The van der Waals surface area contributed by atoms with Gasteiger partial charge in [-0.3, -0.25) is 9.59 Å². The number of rotatable bonds is 4. The maximum atomic E-state index is 11.0. The largest absolute Gasteiger partial charge is 0.457 e. The van der Waals surface area contributed by atoms with Gasteiger partial charge in [0.05, 0.1) is 0 Å². The second kappa shape index (κ2) is 4.87. The first-order valence-electron chi connectivity index (χ1n) is 3.86. The molecule has 0 amide bonds. The molecule has 0 bridgehead atoms. The molecule has 12 heavy (non-hydrogen) atoms. The van der Waals surface area contributed by atoms with Gasteiger partial charge in [0.25, 0.3) is 0 Å². The molecule has 0 aliphatic carbocycles. The highest BCUT2D eigenvalue weighted by Crippen LogP contribution is 1.99. The van der Waals surface area contributed by atoms with Gasteiger partial charge in [0.1, 0.15) is 12.6 Å². The molecule has 0 radical (unpaired) electrons. The Bertz CT molecular complexity index is 177. The molecule has 0 fully saturated rings. The van der Waals surface area contributed by atoms with Gasteiger partial charge in [-0.05, 0) is 12.8 Å². The number of esters is 1. The van der Waals surface area contributed by atoms with Crippen LogP contribution < -0.4 is 5.73 Å². The minimum absolute atomic E-state index is 0.0319. The lowest BCUT2D eigenvalue weighted by Crippen LogP contribution is -2.37. The fourth-order valence-corrected chi connectivity index (χ4v) is 0.541. The van der Waals surface area contributed by atoms with Crippen LogP contribution in [0.25, 0.3) is 0 Å². The monoisotopic (exact) mass is 173 g/mol. The molecule has 0 rings (SSSR count). The number of nitrogens with two attached hydrogens (primary N) is 1. The van der Waals surface area contributed by atoms with Gasteiger partial charge in [0.2, 0.25) is 0 Å². The maximum absolute atomic E-state index is 11.0. The Hall–Kier alpha value is -0.900. The van der Waals surface area contributed by atoms with Crippen LogP contribution in [0.2, 0.25) is 0 Å². The van der Waals surface area contributed by atoms with Gasteiger partial charge in [-0.2, -0.15) is 0 Å². The zero-order valence-corrected chi connectivity index (χ0v) is 7.66. The number of carbonyl (C=O) groups excluding carboxylic acids is 2. The summed E-state index contributed by atoms with van der Waals surface area (Å²) in [5.41, 5.74) is 5.46. The van der Waals surface area contributed by atoms with Crippen molar-refractivity contribution in [1.29, 1.82) is 0 Å². The predicted octanol–water partition coefficient (Wildman–Crippen LogP) is 0.102. The molecule has 1 unspecified atom stereocenters. The molecular weight excluding hydrogens is 158 g/mol. The van der Waals surface area contributed by atoms with E-state index in [-0.39, 0.29) is 18.3 Å². The van der Waals surface area contributed by atoms with E-state index >= 15 is 0 Å². The molecule has 0 saturated carbocycles. The van der Waals surface area contributed by atoms with Gasteiger partial charge in [-0.1, -0.05) is 13.8 Å². The lowest BCUT2D eigenvalue weighted by molar-refractivity contribution is -0.149. The van der Waals surface area contributed by atoms with Crippen molar-refractivity contribution in [2.45, 2.75) is 26.8 Å². The van der Waals surface area contributed by atoms with Crippen molar-refractivity contribution in [2.75, 3.05) is 6.61 Å². The maximum Gasteiger partial charge on any atom is 0.323 e. The van der Waals surface area contributed by atoms with Crippen molar-refractivity contribution >= 4 is 11.8 Å². The van der Waals surface area contributed by atoms with E-state index in [1.54, 1.807) is 0 Å². The first-order valence-corrected chi connectivity index (χ1v) is 3.86. The van der Waals surface area contributed by atoms with Crippen LogP contribution in [0.3, 0.4) is 0 Å². The van der Waals surface area contributed by atoms with Crippen molar-refractivity contribution in [3.8, 4) is 0 Å². The third kappa shape index (κ3) is 4.08. The zero-order chi connectivity index (χ0) is 9.72. The first kappa shape index (κ1) is 11.1. The number of ketones is 1. The van der Waals surface area contributed by atoms with Crippen LogP contribution in [-0.4, -0.2) is 24.4 Å². The van der Waals surface area contributed by atoms with Crippen LogP contribution in [0.5, 0.6) is 0 Å². The van der Waals surface area contributed by atoms with Gasteiger partial charge < -0.3 is 10.5 Å². The molecule has 0 spiro atoms. The van der Waals surface area contributed by atoms with E-state index in [0.29, 0.717) is 0 Å². The Balaban J connectivity index is 3.80. The van der Waals surface area contributed by atoms with Gasteiger partial charge in [-0.15, -0.1) is 0 Å². The third-order valence-electron chi connectivity index (χ3n) is 1.41. The molecule has 0 aromatic rings. The molecule has 4 nitrogen and oxygen atoms in total. The Morgan fingerprint density at radius 3 is 2.25 bits per heavy atom. The predicted molar refractivity (Wildman–Crippen MR) is 44.5 cm³/mol. The highest BCUT2D eigenvalue weighted by atomic mass is 16.5. The second-order valence-electron chi connectivity index (χ2n) is 3.08. The number of hydrogen-bond acceptors (Lipinski definition) is 4. The van der Waals surface area contributed by atoms with Gasteiger partial charge in [-0.25, -0.2) is 0 Å². The zero-order valence-electron chi connectivity index (χ0n) is 7.66. The van der Waals surface area contributed by atoms with E-state index < -0.39 is 12.0 Å². The molecule has 0 aromatic carbocycles. The molecule has 0 heterocycles. The smallest absolute Gasteiger partial charge is 0.323 e. The highest BCUT2D eigenvalue weighted by molar-refractivity contribution is 5.82. The van der Waals surface area contributed by atoms with Crippen molar-refractivity contribution in [3.63, 3.8) is 0 Å². The molecule has 0 saturated heterocycles. The molecule has 0 aliphatic rings. The highest BCUT2D eigenvalue weighted by Gasteiger charge is 2.18. The minimum Gasteiger partial charge on any atom is -0.457 e. The van der Waals surface area contributed by atoms with Crippen LogP contribution in [0.15, 0.2) is 0 Å². The summed E-state index contributed by atoms with van der Waals surface area (Å²) in [4.78, 5) is 21.4. The van der Waals surface area contributed by atoms with E-state index in [9.17, 15) is 9.59 Å². The molecule has 0 aromatic heterocycles. The SMILES string of the molecule is CC(=O)COC(=O)C(N)C(C)C. The number of Topliss-reactive ketones (excluding diaryl/α,β-unsaturated/α-hetero) is 1. The minimum atomic E-state index is -0.635. The van der Waals surface area contributed by atoms with Crippen LogP contribution in [0.1, 0.15) is 20.8 Å². The number of hydrogen-bond donors (Lipinski definition) is 1. The van der Waals surface area contributed by atoms with E-state index in [1.807, 2.05) is 13.8 Å². The summed E-state index contributed by atoms with van der Waals surface area (Å²) in [6.07, 6.45) is 0. The molecule has 70 valence electrons. The van der Waals surface area contributed by atoms with Gasteiger partial charge in [0.15, 0.2) is 5.78 Å².